The van der Waals surface area contributed by atoms with Gasteiger partial charge in [-0.15, -0.1) is 0 Å². The van der Waals surface area contributed by atoms with Crippen LogP contribution in [0, 0.1) is 5.92 Å². The minimum Gasteiger partial charge on any atom is -0.493 e. The lowest BCUT2D eigenvalue weighted by Crippen LogP contribution is -2.37. The Morgan fingerprint density at radius 3 is 2.61 bits per heavy atom. The Kier molecular flexibility index (Phi) is 7.50. The highest BCUT2D eigenvalue weighted by Gasteiger charge is 2.23. The molecule has 176 valence electrons. The van der Waals surface area contributed by atoms with Gasteiger partial charge in [0, 0.05) is 31.4 Å². The molecule has 0 aliphatic carbocycles. The summed E-state index contributed by atoms with van der Waals surface area (Å²) in [6.45, 7) is 2.55. The second-order valence-corrected chi connectivity index (χ2v) is 9.12. The van der Waals surface area contributed by atoms with Gasteiger partial charge in [-0.25, -0.2) is 4.79 Å². The molecule has 2 heterocycles. The number of carbonyl (C=O) groups is 1. The molecular formula is C26H33N3O4. The summed E-state index contributed by atoms with van der Waals surface area (Å²) in [6, 6.07) is 14.4. The Bertz CT molecular complexity index is 1060. The van der Waals surface area contributed by atoms with Gasteiger partial charge < -0.3 is 24.2 Å². The molecule has 1 fully saturated rings. The molecule has 1 aliphatic heterocycles. The van der Waals surface area contributed by atoms with E-state index in [0.29, 0.717) is 32.2 Å². The number of rotatable bonds is 9. The Morgan fingerprint density at radius 2 is 1.91 bits per heavy atom. The molecule has 0 spiro atoms. The van der Waals surface area contributed by atoms with Gasteiger partial charge >= 0.3 is 6.09 Å². The molecule has 33 heavy (non-hydrogen) atoms. The summed E-state index contributed by atoms with van der Waals surface area (Å²) in [5.41, 5.74) is 4.06. The molecule has 0 unspecified atom stereocenters. The monoisotopic (exact) mass is 451 g/mol. The van der Waals surface area contributed by atoms with Crippen molar-refractivity contribution in [1.82, 2.24) is 15.0 Å². The maximum Gasteiger partial charge on any atom is 0.407 e. The first kappa shape index (κ1) is 23.1. The number of fused-ring (bicyclic) bond motifs is 1. The summed E-state index contributed by atoms with van der Waals surface area (Å²) < 4.78 is 12.0. The fourth-order valence-electron chi connectivity index (χ4n) is 4.55. The molecule has 0 bridgehead atoms. The summed E-state index contributed by atoms with van der Waals surface area (Å²) in [4.78, 5) is 14.7. The molecule has 0 radical (unpaired) electrons. The number of aromatic nitrogens is 1. The Morgan fingerprint density at radius 1 is 1.15 bits per heavy atom. The number of nitrogens with zero attached hydrogens (tertiary/aromatic N) is 3. The smallest absolute Gasteiger partial charge is 0.407 e. The number of carboxylic acid groups (broad SMARTS) is 1. The van der Waals surface area contributed by atoms with Gasteiger partial charge in [-0.05, 0) is 63.4 Å². The molecule has 3 aromatic rings. The molecule has 4 rings (SSSR count). The van der Waals surface area contributed by atoms with Gasteiger partial charge in [-0.2, -0.15) is 0 Å². The number of hydrogen-bond acceptors (Lipinski definition) is 5. The summed E-state index contributed by atoms with van der Waals surface area (Å²) >= 11 is 0. The number of hydrogen-bond donors (Lipinski definition) is 1. The summed E-state index contributed by atoms with van der Waals surface area (Å²) in [5.74, 6) is 1.37. The fourth-order valence-corrected chi connectivity index (χ4v) is 4.55. The van der Waals surface area contributed by atoms with E-state index in [0.717, 1.165) is 60.1 Å². The lowest BCUT2D eigenvalue weighted by Gasteiger charge is -2.29. The first-order chi connectivity index (χ1) is 16.0. The van der Waals surface area contributed by atoms with Crippen molar-refractivity contribution in [3.63, 3.8) is 0 Å². The zero-order valence-electron chi connectivity index (χ0n) is 19.5. The maximum atomic E-state index is 11.1. The second-order valence-electron chi connectivity index (χ2n) is 9.12. The molecule has 0 atom stereocenters. The number of benzene rings is 2. The molecule has 7 nitrogen and oxygen atoms in total. The van der Waals surface area contributed by atoms with Crippen LogP contribution in [0.25, 0.3) is 11.0 Å². The highest BCUT2D eigenvalue weighted by molar-refractivity contribution is 5.84. The quantitative estimate of drug-likeness (QED) is 0.502. The van der Waals surface area contributed by atoms with Crippen molar-refractivity contribution >= 4 is 17.1 Å². The van der Waals surface area contributed by atoms with Crippen LogP contribution in [0.2, 0.25) is 0 Å². The van der Waals surface area contributed by atoms with Gasteiger partial charge in [0.1, 0.15) is 5.75 Å². The normalized spacial score (nSPS) is 14.8. The van der Waals surface area contributed by atoms with Gasteiger partial charge in [0.2, 0.25) is 0 Å². The van der Waals surface area contributed by atoms with Gasteiger partial charge in [0.25, 0.3) is 0 Å². The molecule has 7 heteroatoms. The lowest BCUT2D eigenvalue weighted by molar-refractivity contribution is 0.123. The first-order valence-corrected chi connectivity index (χ1v) is 11.7. The van der Waals surface area contributed by atoms with Crippen LogP contribution in [0.15, 0.2) is 47.0 Å². The van der Waals surface area contributed by atoms with Crippen LogP contribution < -0.4 is 4.74 Å². The Hall–Kier alpha value is -3.06. The molecule has 0 saturated carbocycles. The summed E-state index contributed by atoms with van der Waals surface area (Å²) in [7, 11) is 4.07. The number of amides is 1. The van der Waals surface area contributed by atoms with Crippen molar-refractivity contribution < 1.29 is 19.2 Å². The van der Waals surface area contributed by atoms with Gasteiger partial charge in [0.05, 0.1) is 17.9 Å². The zero-order valence-corrected chi connectivity index (χ0v) is 19.5. The number of aryl methyl sites for hydroxylation is 1. The van der Waals surface area contributed by atoms with E-state index in [-0.39, 0.29) is 0 Å². The molecule has 1 amide bonds. The van der Waals surface area contributed by atoms with Crippen LogP contribution in [-0.2, 0) is 19.4 Å². The van der Waals surface area contributed by atoms with Crippen molar-refractivity contribution in [3.8, 4) is 5.75 Å². The van der Waals surface area contributed by atoms with Gasteiger partial charge in [-0.3, -0.25) is 0 Å². The van der Waals surface area contributed by atoms with Gasteiger partial charge in [-0.1, -0.05) is 35.5 Å². The van der Waals surface area contributed by atoms with E-state index >= 15 is 0 Å². The third-order valence-electron chi connectivity index (χ3n) is 6.42. The Labute approximate surface area is 194 Å². The summed E-state index contributed by atoms with van der Waals surface area (Å²) in [6.07, 6.45) is 3.68. The van der Waals surface area contributed by atoms with Gasteiger partial charge in [0.15, 0.2) is 5.58 Å². The predicted molar refractivity (Wildman–Crippen MR) is 128 cm³/mol. The van der Waals surface area contributed by atoms with Crippen molar-refractivity contribution in [3.05, 3.63) is 59.3 Å². The van der Waals surface area contributed by atoms with Crippen LogP contribution in [0.4, 0.5) is 4.79 Å². The van der Waals surface area contributed by atoms with Crippen molar-refractivity contribution in [1.29, 1.82) is 0 Å². The predicted octanol–water partition coefficient (Wildman–Crippen LogP) is 4.83. The average molecular weight is 452 g/mol. The highest BCUT2D eigenvalue weighted by atomic mass is 16.5. The topological polar surface area (TPSA) is 79.0 Å². The van der Waals surface area contributed by atoms with E-state index in [1.165, 1.54) is 10.5 Å². The van der Waals surface area contributed by atoms with Crippen LogP contribution in [0.5, 0.6) is 5.75 Å². The molecule has 1 N–H and O–H groups in total. The van der Waals surface area contributed by atoms with Crippen LogP contribution in [0.1, 0.15) is 36.1 Å². The molecular weight excluding hydrogens is 418 g/mol. The van der Waals surface area contributed by atoms with E-state index in [2.05, 4.69) is 28.3 Å². The van der Waals surface area contributed by atoms with E-state index in [9.17, 15) is 4.79 Å². The summed E-state index contributed by atoms with van der Waals surface area (Å²) in [5, 5.41) is 14.6. The van der Waals surface area contributed by atoms with Crippen molar-refractivity contribution in [2.24, 2.45) is 5.92 Å². The third kappa shape index (κ3) is 5.85. The van der Waals surface area contributed by atoms with E-state index in [1.807, 2.05) is 38.4 Å². The van der Waals surface area contributed by atoms with Crippen molar-refractivity contribution in [2.45, 2.75) is 38.6 Å². The van der Waals surface area contributed by atoms with E-state index in [4.69, 9.17) is 14.4 Å². The maximum absolute atomic E-state index is 11.1. The molecule has 2 aromatic carbocycles. The third-order valence-corrected chi connectivity index (χ3v) is 6.42. The lowest BCUT2D eigenvalue weighted by atomic mass is 9.91. The standard InChI is InChI=1S/C26H33N3O4/c1-28(2)18-22-24(32-17-14-19-6-4-3-5-7-19)11-9-21-23(27-33-25(21)22)10-8-20-12-15-29(16-13-20)26(30)31/h3-7,9,11,20H,8,10,12-18H2,1-2H3,(H,30,31). The van der Waals surface area contributed by atoms with Crippen molar-refractivity contribution in [2.75, 3.05) is 33.8 Å². The SMILES string of the molecule is CN(C)Cc1c(OCCc2ccccc2)ccc2c(CCC3CCN(C(=O)O)CC3)noc12. The zero-order chi connectivity index (χ0) is 23.2. The van der Waals surface area contributed by atoms with Crippen LogP contribution in [-0.4, -0.2) is 59.9 Å². The average Bonchev–Trinajstić information content (AvgIpc) is 3.23. The largest absolute Gasteiger partial charge is 0.493 e. The minimum atomic E-state index is -0.814. The molecule has 1 aliphatic rings. The Balaban J connectivity index is 1.43. The minimum absolute atomic E-state index is 0.522. The van der Waals surface area contributed by atoms with Crippen LogP contribution in [0.3, 0.4) is 0 Å². The second kappa shape index (κ2) is 10.7. The number of ether oxygens (including phenoxy) is 1. The fraction of sp³-hybridized carbons (Fsp3) is 0.462. The number of likely N-dealkylation sites (tertiary alicyclic amines) is 1. The van der Waals surface area contributed by atoms with E-state index in [1.54, 1.807) is 0 Å². The molecule has 1 aromatic heterocycles. The highest BCUT2D eigenvalue weighted by Crippen LogP contribution is 2.32. The molecule has 1 saturated heterocycles. The van der Waals surface area contributed by atoms with E-state index < -0.39 is 6.09 Å². The first-order valence-electron chi connectivity index (χ1n) is 11.7. The number of piperidine rings is 1. The van der Waals surface area contributed by atoms with Crippen LogP contribution >= 0.6 is 0 Å².